The molecule has 0 aromatic heterocycles. The highest BCUT2D eigenvalue weighted by molar-refractivity contribution is 7.92. The molecule has 33 heavy (non-hydrogen) atoms. The van der Waals surface area contributed by atoms with E-state index >= 15 is 0 Å². The Labute approximate surface area is 192 Å². The van der Waals surface area contributed by atoms with Crippen molar-refractivity contribution >= 4 is 27.6 Å². The zero-order chi connectivity index (χ0) is 23.4. The monoisotopic (exact) mass is 474 g/mol. The van der Waals surface area contributed by atoms with Gasteiger partial charge < -0.3 is 19.1 Å². The second-order valence-corrected chi connectivity index (χ2v) is 9.81. The van der Waals surface area contributed by atoms with Gasteiger partial charge in [0.25, 0.3) is 15.9 Å². The molecule has 1 N–H and O–H groups in total. The van der Waals surface area contributed by atoms with Gasteiger partial charge in [0.1, 0.15) is 13.2 Å². The number of carbonyl (C=O) groups excluding carboxylic acids is 2. The summed E-state index contributed by atoms with van der Waals surface area (Å²) >= 11 is 0. The Morgan fingerprint density at radius 3 is 2.39 bits per heavy atom. The minimum Gasteiger partial charge on any atom is -0.486 e. The Kier molecular flexibility index (Phi) is 6.73. The molecule has 2 aromatic carbocycles. The summed E-state index contributed by atoms with van der Waals surface area (Å²) < 4.78 is 43.9. The molecule has 0 aliphatic carbocycles. The number of ether oxygens (including phenoxy) is 3. The van der Waals surface area contributed by atoms with E-state index in [1.165, 1.54) is 36.4 Å². The summed E-state index contributed by atoms with van der Waals surface area (Å²) in [6.45, 7) is 3.96. The molecular formula is C23H26N2O7S. The van der Waals surface area contributed by atoms with Crippen molar-refractivity contribution in [2.75, 3.05) is 37.6 Å². The lowest BCUT2D eigenvalue weighted by atomic mass is 9.99. The number of esters is 1. The highest BCUT2D eigenvalue weighted by Gasteiger charge is 2.22. The lowest BCUT2D eigenvalue weighted by molar-refractivity contribution is -0.135. The summed E-state index contributed by atoms with van der Waals surface area (Å²) in [5, 5.41) is 0. The summed E-state index contributed by atoms with van der Waals surface area (Å²) in [7, 11) is -3.87. The maximum atomic E-state index is 12.7. The van der Waals surface area contributed by atoms with Gasteiger partial charge >= 0.3 is 5.97 Å². The third-order valence-corrected chi connectivity index (χ3v) is 7.04. The molecule has 0 spiro atoms. The number of carbonyl (C=O) groups is 2. The van der Waals surface area contributed by atoms with Crippen LogP contribution >= 0.6 is 0 Å². The van der Waals surface area contributed by atoms with E-state index < -0.39 is 16.0 Å². The van der Waals surface area contributed by atoms with E-state index in [4.69, 9.17) is 14.2 Å². The molecule has 2 aliphatic rings. The predicted octanol–water partition coefficient (Wildman–Crippen LogP) is 2.67. The summed E-state index contributed by atoms with van der Waals surface area (Å²) in [6, 6.07) is 10.2. The molecule has 2 aromatic rings. The third-order valence-electron chi connectivity index (χ3n) is 5.66. The highest BCUT2D eigenvalue weighted by Crippen LogP contribution is 2.32. The lowest BCUT2D eigenvalue weighted by Crippen LogP contribution is -2.40. The van der Waals surface area contributed by atoms with Crippen LogP contribution in [0.15, 0.2) is 47.4 Å². The van der Waals surface area contributed by atoms with Crippen LogP contribution in [0.4, 0.5) is 5.69 Å². The molecule has 10 heteroatoms. The standard InChI is InChI=1S/C23H26N2O7S/c1-16-8-10-25(11-9-16)22(26)15-32-23(27)17-2-4-18(5-3-17)24-33(28,29)19-6-7-20-21(14-19)31-13-12-30-20/h2-7,14,16,24H,8-13,15H2,1H3. The zero-order valence-electron chi connectivity index (χ0n) is 18.3. The van der Waals surface area contributed by atoms with Gasteiger partial charge in [0.15, 0.2) is 18.1 Å². The number of fused-ring (bicyclic) bond motifs is 1. The maximum absolute atomic E-state index is 12.7. The number of amides is 1. The van der Waals surface area contributed by atoms with Crippen LogP contribution < -0.4 is 14.2 Å². The van der Waals surface area contributed by atoms with Crippen LogP contribution in [0.1, 0.15) is 30.1 Å². The van der Waals surface area contributed by atoms with Crippen molar-refractivity contribution in [3.8, 4) is 11.5 Å². The van der Waals surface area contributed by atoms with Gasteiger partial charge in [-0.15, -0.1) is 0 Å². The number of nitrogens with one attached hydrogen (secondary N) is 1. The summed E-state index contributed by atoms with van der Waals surface area (Å²) in [6.07, 6.45) is 1.90. The van der Waals surface area contributed by atoms with Crippen molar-refractivity contribution < 1.29 is 32.2 Å². The largest absolute Gasteiger partial charge is 0.486 e. The molecule has 0 atom stereocenters. The molecule has 0 unspecified atom stereocenters. The van der Waals surface area contributed by atoms with E-state index in [0.717, 1.165) is 12.8 Å². The molecular weight excluding hydrogens is 448 g/mol. The van der Waals surface area contributed by atoms with Crippen molar-refractivity contribution in [1.29, 1.82) is 0 Å². The van der Waals surface area contributed by atoms with Gasteiger partial charge in [-0.1, -0.05) is 6.92 Å². The number of rotatable bonds is 6. The maximum Gasteiger partial charge on any atom is 0.338 e. The lowest BCUT2D eigenvalue weighted by Gasteiger charge is -2.30. The normalized spacial score (nSPS) is 16.2. The van der Waals surface area contributed by atoms with E-state index in [9.17, 15) is 18.0 Å². The average Bonchev–Trinajstić information content (AvgIpc) is 2.82. The van der Waals surface area contributed by atoms with E-state index in [0.29, 0.717) is 43.7 Å². The summed E-state index contributed by atoms with van der Waals surface area (Å²) in [4.78, 5) is 26.3. The van der Waals surface area contributed by atoms with Crippen molar-refractivity contribution in [2.45, 2.75) is 24.7 Å². The Morgan fingerprint density at radius 2 is 1.70 bits per heavy atom. The summed E-state index contributed by atoms with van der Waals surface area (Å²) in [5.74, 6) is 0.614. The zero-order valence-corrected chi connectivity index (χ0v) is 19.1. The first-order chi connectivity index (χ1) is 15.8. The van der Waals surface area contributed by atoms with Gasteiger partial charge in [-0.25, -0.2) is 13.2 Å². The van der Waals surface area contributed by atoms with E-state index in [2.05, 4.69) is 11.6 Å². The van der Waals surface area contributed by atoms with Crippen LogP contribution in [0.3, 0.4) is 0 Å². The first-order valence-electron chi connectivity index (χ1n) is 10.8. The van der Waals surface area contributed by atoms with Crippen molar-refractivity contribution in [3.05, 3.63) is 48.0 Å². The molecule has 1 saturated heterocycles. The fraction of sp³-hybridized carbons (Fsp3) is 0.391. The van der Waals surface area contributed by atoms with Gasteiger partial charge in [-0.3, -0.25) is 9.52 Å². The molecule has 176 valence electrons. The number of piperidine rings is 1. The number of likely N-dealkylation sites (tertiary alicyclic amines) is 1. The quantitative estimate of drug-likeness (QED) is 0.641. The Bertz CT molecular complexity index is 1120. The van der Waals surface area contributed by atoms with Crippen LogP contribution in [-0.2, 0) is 19.6 Å². The average molecular weight is 475 g/mol. The first kappa shape index (κ1) is 22.9. The molecule has 0 bridgehead atoms. The van der Waals surface area contributed by atoms with Crippen LogP contribution in [0, 0.1) is 5.92 Å². The summed E-state index contributed by atoms with van der Waals surface area (Å²) in [5.41, 5.74) is 0.497. The number of nitrogens with zero attached hydrogens (tertiary/aromatic N) is 1. The number of benzene rings is 2. The van der Waals surface area contributed by atoms with Crippen molar-refractivity contribution in [3.63, 3.8) is 0 Å². The Morgan fingerprint density at radius 1 is 1.03 bits per heavy atom. The second kappa shape index (κ2) is 9.70. The minimum absolute atomic E-state index is 0.0286. The highest BCUT2D eigenvalue weighted by atomic mass is 32.2. The Balaban J connectivity index is 1.34. The fourth-order valence-electron chi connectivity index (χ4n) is 3.64. The molecule has 1 fully saturated rings. The van der Waals surface area contributed by atoms with Crippen LogP contribution in [-0.4, -0.2) is 58.1 Å². The molecule has 0 radical (unpaired) electrons. The van der Waals surface area contributed by atoms with Gasteiger partial charge in [0.2, 0.25) is 0 Å². The molecule has 9 nitrogen and oxygen atoms in total. The Hall–Kier alpha value is -3.27. The number of anilines is 1. The van der Waals surface area contributed by atoms with Crippen molar-refractivity contribution in [2.24, 2.45) is 5.92 Å². The number of hydrogen-bond acceptors (Lipinski definition) is 7. The number of hydrogen-bond donors (Lipinski definition) is 1. The second-order valence-electron chi connectivity index (χ2n) is 8.13. The van der Waals surface area contributed by atoms with Gasteiger partial charge in [0.05, 0.1) is 10.5 Å². The molecule has 1 amide bonds. The van der Waals surface area contributed by atoms with Crippen LogP contribution in [0.5, 0.6) is 11.5 Å². The van der Waals surface area contributed by atoms with Gasteiger partial charge in [0, 0.05) is 24.8 Å². The van der Waals surface area contributed by atoms with Crippen LogP contribution in [0.25, 0.3) is 0 Å². The molecule has 2 heterocycles. The molecule has 0 saturated carbocycles. The third kappa shape index (κ3) is 5.57. The SMILES string of the molecule is CC1CCN(C(=O)COC(=O)c2ccc(NS(=O)(=O)c3ccc4c(c3)OCCO4)cc2)CC1. The minimum atomic E-state index is -3.87. The molecule has 4 rings (SSSR count). The fourth-order valence-corrected chi connectivity index (χ4v) is 4.71. The van der Waals surface area contributed by atoms with E-state index in [-0.39, 0.29) is 28.7 Å². The van der Waals surface area contributed by atoms with Crippen molar-refractivity contribution in [1.82, 2.24) is 4.90 Å². The van der Waals surface area contributed by atoms with E-state index in [1.807, 2.05) is 0 Å². The smallest absolute Gasteiger partial charge is 0.338 e. The van der Waals surface area contributed by atoms with Gasteiger partial charge in [-0.2, -0.15) is 0 Å². The first-order valence-corrected chi connectivity index (χ1v) is 12.3. The van der Waals surface area contributed by atoms with E-state index in [1.54, 1.807) is 11.0 Å². The molecule has 2 aliphatic heterocycles. The number of sulfonamides is 1. The van der Waals surface area contributed by atoms with Gasteiger partial charge in [-0.05, 0) is 55.2 Å². The van der Waals surface area contributed by atoms with Crippen LogP contribution in [0.2, 0.25) is 0 Å². The topological polar surface area (TPSA) is 111 Å². The predicted molar refractivity (Wildman–Crippen MR) is 120 cm³/mol.